The lowest BCUT2D eigenvalue weighted by Crippen LogP contribution is -2.00. The van der Waals surface area contributed by atoms with E-state index in [0.29, 0.717) is 17.0 Å². The maximum atomic E-state index is 5.86. The Morgan fingerprint density at radius 3 is 2.35 bits per heavy atom. The van der Waals surface area contributed by atoms with Gasteiger partial charge in [-0.15, -0.1) is 0 Å². The predicted molar refractivity (Wildman–Crippen MR) is 76.9 cm³/mol. The van der Waals surface area contributed by atoms with Crippen LogP contribution in [0.1, 0.15) is 56.2 Å². The van der Waals surface area contributed by atoms with Crippen molar-refractivity contribution in [3.63, 3.8) is 0 Å². The number of aryl methyl sites for hydroxylation is 1. The Balaban J connectivity index is 2.87. The fraction of sp³-hybridized carbons (Fsp3) is 0.500. The first-order chi connectivity index (χ1) is 7.91. The quantitative estimate of drug-likeness (QED) is 0.853. The monoisotopic (exact) mass is 248 g/mol. The van der Waals surface area contributed by atoms with E-state index in [0.717, 1.165) is 5.52 Å². The van der Waals surface area contributed by atoms with Crippen LogP contribution in [0.5, 0.6) is 0 Å². The molecule has 0 unspecified atom stereocenters. The molecule has 2 N–H and O–H groups in total. The van der Waals surface area contributed by atoms with Gasteiger partial charge in [-0.3, -0.25) is 0 Å². The molecule has 0 saturated carbocycles. The first-order valence-corrected chi connectivity index (χ1v) is 6.92. The molecule has 0 amide bonds. The van der Waals surface area contributed by atoms with Crippen LogP contribution in [0.25, 0.3) is 10.2 Å². The van der Waals surface area contributed by atoms with Gasteiger partial charge in [0.2, 0.25) is 0 Å². The standard InChI is InChI=1S/C14H20N2S/c1-7(2)10-6-9(5)12-13(11(10)8(3)4)17-14(15)16-12/h6-8H,1-5H3,(H2,15,16). The molecule has 0 saturated heterocycles. The number of nitrogen functional groups attached to an aromatic ring is 1. The number of aromatic nitrogens is 1. The Kier molecular flexibility index (Phi) is 3.13. The maximum absolute atomic E-state index is 5.86. The summed E-state index contributed by atoms with van der Waals surface area (Å²) in [6, 6.07) is 2.28. The summed E-state index contributed by atoms with van der Waals surface area (Å²) in [5.74, 6) is 1.05. The van der Waals surface area contributed by atoms with Crippen LogP contribution >= 0.6 is 11.3 Å². The molecule has 0 radical (unpaired) electrons. The minimum atomic E-state index is 0.510. The number of nitrogens with zero attached hydrogens (tertiary/aromatic N) is 1. The van der Waals surface area contributed by atoms with Crippen LogP contribution in [0.2, 0.25) is 0 Å². The molecule has 1 aromatic heterocycles. The third-order valence-electron chi connectivity index (χ3n) is 3.14. The summed E-state index contributed by atoms with van der Waals surface area (Å²) in [6.07, 6.45) is 0. The Morgan fingerprint density at radius 1 is 1.18 bits per heavy atom. The van der Waals surface area contributed by atoms with Crippen LogP contribution in [0.15, 0.2) is 6.07 Å². The van der Waals surface area contributed by atoms with Crippen molar-refractivity contribution in [1.82, 2.24) is 4.98 Å². The van der Waals surface area contributed by atoms with Gasteiger partial charge in [-0.1, -0.05) is 45.1 Å². The molecule has 17 heavy (non-hydrogen) atoms. The minimum Gasteiger partial charge on any atom is -0.375 e. The molecule has 0 fully saturated rings. The lowest BCUT2D eigenvalue weighted by molar-refractivity contribution is 0.797. The first kappa shape index (κ1) is 12.4. The number of hydrogen-bond donors (Lipinski definition) is 1. The van der Waals surface area contributed by atoms with Gasteiger partial charge in [0.05, 0.1) is 10.2 Å². The van der Waals surface area contributed by atoms with Crippen molar-refractivity contribution in [2.75, 3.05) is 5.73 Å². The second-order valence-corrected chi connectivity index (χ2v) is 6.27. The van der Waals surface area contributed by atoms with Gasteiger partial charge in [0.1, 0.15) is 0 Å². The van der Waals surface area contributed by atoms with E-state index in [4.69, 9.17) is 5.73 Å². The van der Waals surface area contributed by atoms with E-state index < -0.39 is 0 Å². The van der Waals surface area contributed by atoms with E-state index in [2.05, 4.69) is 45.7 Å². The van der Waals surface area contributed by atoms with Gasteiger partial charge < -0.3 is 5.73 Å². The van der Waals surface area contributed by atoms with Crippen molar-refractivity contribution in [3.05, 3.63) is 22.8 Å². The molecular weight excluding hydrogens is 228 g/mol. The molecule has 3 heteroatoms. The second-order valence-electron chi connectivity index (χ2n) is 5.24. The lowest BCUT2D eigenvalue weighted by Gasteiger charge is -2.17. The largest absolute Gasteiger partial charge is 0.375 e. The molecule has 0 bridgehead atoms. The van der Waals surface area contributed by atoms with E-state index >= 15 is 0 Å². The summed E-state index contributed by atoms with van der Waals surface area (Å²) in [7, 11) is 0. The van der Waals surface area contributed by atoms with Gasteiger partial charge in [-0.25, -0.2) is 4.98 Å². The molecule has 2 aromatic rings. The van der Waals surface area contributed by atoms with Crippen LogP contribution in [-0.4, -0.2) is 4.98 Å². The first-order valence-electron chi connectivity index (χ1n) is 6.11. The van der Waals surface area contributed by atoms with Gasteiger partial charge in [0.25, 0.3) is 0 Å². The molecule has 0 spiro atoms. The van der Waals surface area contributed by atoms with E-state index in [1.54, 1.807) is 11.3 Å². The highest BCUT2D eigenvalue weighted by Crippen LogP contribution is 2.38. The number of anilines is 1. The minimum absolute atomic E-state index is 0.510. The maximum Gasteiger partial charge on any atom is 0.181 e. The van der Waals surface area contributed by atoms with Crippen LogP contribution < -0.4 is 5.73 Å². The third-order valence-corrected chi connectivity index (χ3v) is 4.06. The van der Waals surface area contributed by atoms with Gasteiger partial charge in [-0.05, 0) is 35.4 Å². The van der Waals surface area contributed by atoms with Crippen LogP contribution in [0, 0.1) is 6.92 Å². The number of nitrogens with two attached hydrogens (primary N) is 1. The number of thiazole rings is 1. The Bertz CT molecular complexity index is 553. The van der Waals surface area contributed by atoms with E-state index in [1.165, 1.54) is 21.4 Å². The van der Waals surface area contributed by atoms with Crippen molar-refractivity contribution >= 4 is 26.7 Å². The zero-order valence-corrected chi connectivity index (χ0v) is 12.0. The fourth-order valence-corrected chi connectivity index (χ4v) is 3.48. The SMILES string of the molecule is Cc1cc(C(C)C)c(C(C)C)c2sc(N)nc12. The van der Waals surface area contributed by atoms with Crippen LogP contribution in [-0.2, 0) is 0 Å². The van der Waals surface area contributed by atoms with Gasteiger partial charge in [-0.2, -0.15) is 0 Å². The lowest BCUT2D eigenvalue weighted by atomic mass is 9.89. The molecule has 0 aliphatic rings. The number of fused-ring (bicyclic) bond motifs is 1. The van der Waals surface area contributed by atoms with Crippen LogP contribution in [0.4, 0.5) is 5.13 Å². The number of hydrogen-bond acceptors (Lipinski definition) is 3. The average Bonchev–Trinajstić information content (AvgIpc) is 2.58. The molecule has 1 aromatic carbocycles. The summed E-state index contributed by atoms with van der Waals surface area (Å²) >= 11 is 1.62. The van der Waals surface area contributed by atoms with E-state index in [1.807, 2.05) is 0 Å². The van der Waals surface area contributed by atoms with Crippen molar-refractivity contribution < 1.29 is 0 Å². The van der Waals surface area contributed by atoms with Crippen molar-refractivity contribution in [1.29, 1.82) is 0 Å². The molecule has 1 heterocycles. The van der Waals surface area contributed by atoms with Crippen LogP contribution in [0.3, 0.4) is 0 Å². The molecule has 0 aliphatic carbocycles. The Hall–Kier alpha value is -1.09. The van der Waals surface area contributed by atoms with Crippen molar-refractivity contribution in [2.45, 2.75) is 46.5 Å². The number of benzene rings is 1. The third kappa shape index (κ3) is 2.04. The summed E-state index contributed by atoms with van der Waals surface area (Å²) in [4.78, 5) is 4.45. The normalized spacial score (nSPS) is 11.9. The summed E-state index contributed by atoms with van der Waals surface area (Å²) in [5.41, 5.74) is 11.0. The smallest absolute Gasteiger partial charge is 0.181 e. The molecule has 92 valence electrons. The number of rotatable bonds is 2. The zero-order chi connectivity index (χ0) is 12.7. The van der Waals surface area contributed by atoms with Gasteiger partial charge >= 0.3 is 0 Å². The molecule has 0 aliphatic heterocycles. The van der Waals surface area contributed by atoms with Crippen molar-refractivity contribution in [2.24, 2.45) is 0 Å². The highest BCUT2D eigenvalue weighted by Gasteiger charge is 2.18. The van der Waals surface area contributed by atoms with Gasteiger partial charge in [0.15, 0.2) is 5.13 Å². The second kappa shape index (κ2) is 4.30. The highest BCUT2D eigenvalue weighted by molar-refractivity contribution is 7.22. The van der Waals surface area contributed by atoms with Crippen molar-refractivity contribution in [3.8, 4) is 0 Å². The molecule has 0 atom stereocenters. The molecule has 2 nitrogen and oxygen atoms in total. The zero-order valence-electron chi connectivity index (χ0n) is 11.2. The van der Waals surface area contributed by atoms with E-state index in [-0.39, 0.29) is 0 Å². The van der Waals surface area contributed by atoms with Gasteiger partial charge in [0, 0.05) is 0 Å². The molecular formula is C14H20N2S. The van der Waals surface area contributed by atoms with E-state index in [9.17, 15) is 0 Å². The topological polar surface area (TPSA) is 38.9 Å². The average molecular weight is 248 g/mol. The predicted octanol–water partition coefficient (Wildman–Crippen LogP) is 4.43. The Morgan fingerprint density at radius 2 is 1.82 bits per heavy atom. The summed E-state index contributed by atoms with van der Waals surface area (Å²) in [6.45, 7) is 11.1. The highest BCUT2D eigenvalue weighted by atomic mass is 32.1. The summed E-state index contributed by atoms with van der Waals surface area (Å²) < 4.78 is 1.28. The fourth-order valence-electron chi connectivity index (χ4n) is 2.37. The Labute approximate surface area is 107 Å². The summed E-state index contributed by atoms with van der Waals surface area (Å²) in [5, 5.41) is 0.672. The molecule has 2 rings (SSSR count).